The van der Waals surface area contributed by atoms with Gasteiger partial charge in [0.15, 0.2) is 0 Å². The molecule has 0 saturated carbocycles. The third kappa shape index (κ3) is 2.85. The van der Waals surface area contributed by atoms with E-state index in [0.29, 0.717) is 6.04 Å². The molecule has 3 nitrogen and oxygen atoms in total. The fourth-order valence-electron chi connectivity index (χ4n) is 2.69. The van der Waals surface area contributed by atoms with E-state index in [2.05, 4.69) is 47.9 Å². The SMILES string of the molecule is CCN1CCN(c2ccc(C(C)N)cc2)CC1C. The second kappa shape index (κ2) is 5.72. The summed E-state index contributed by atoms with van der Waals surface area (Å²) in [5, 5.41) is 0. The van der Waals surface area contributed by atoms with Crippen molar-refractivity contribution in [1.29, 1.82) is 0 Å². The highest BCUT2D eigenvalue weighted by molar-refractivity contribution is 5.48. The Labute approximate surface area is 111 Å². The van der Waals surface area contributed by atoms with Crippen molar-refractivity contribution >= 4 is 5.69 Å². The van der Waals surface area contributed by atoms with E-state index >= 15 is 0 Å². The van der Waals surface area contributed by atoms with E-state index in [1.54, 1.807) is 0 Å². The van der Waals surface area contributed by atoms with Crippen molar-refractivity contribution in [3.05, 3.63) is 29.8 Å². The van der Waals surface area contributed by atoms with Crippen molar-refractivity contribution in [2.75, 3.05) is 31.1 Å². The third-order valence-corrected chi connectivity index (χ3v) is 3.96. The summed E-state index contributed by atoms with van der Waals surface area (Å²) in [6.07, 6.45) is 0. The second-order valence-corrected chi connectivity index (χ2v) is 5.30. The number of piperazine rings is 1. The van der Waals surface area contributed by atoms with Crippen LogP contribution in [0.25, 0.3) is 0 Å². The van der Waals surface area contributed by atoms with E-state index in [9.17, 15) is 0 Å². The monoisotopic (exact) mass is 247 g/mol. The molecule has 2 atom stereocenters. The summed E-state index contributed by atoms with van der Waals surface area (Å²) in [7, 11) is 0. The maximum absolute atomic E-state index is 5.88. The first-order valence-corrected chi connectivity index (χ1v) is 6.96. The highest BCUT2D eigenvalue weighted by Crippen LogP contribution is 2.21. The van der Waals surface area contributed by atoms with Gasteiger partial charge >= 0.3 is 0 Å². The first-order valence-electron chi connectivity index (χ1n) is 6.96. The molecular weight excluding hydrogens is 222 g/mol. The Morgan fingerprint density at radius 3 is 2.44 bits per heavy atom. The Hall–Kier alpha value is -1.06. The molecular formula is C15H25N3. The van der Waals surface area contributed by atoms with Gasteiger partial charge in [-0.05, 0) is 38.1 Å². The zero-order valence-electron chi connectivity index (χ0n) is 11.8. The van der Waals surface area contributed by atoms with Gasteiger partial charge < -0.3 is 10.6 Å². The number of nitrogens with two attached hydrogens (primary N) is 1. The summed E-state index contributed by atoms with van der Waals surface area (Å²) < 4.78 is 0. The molecule has 1 aliphatic rings. The van der Waals surface area contributed by atoms with Crippen molar-refractivity contribution in [2.24, 2.45) is 5.73 Å². The molecule has 100 valence electrons. The van der Waals surface area contributed by atoms with Crippen LogP contribution >= 0.6 is 0 Å². The zero-order valence-corrected chi connectivity index (χ0v) is 11.8. The first-order chi connectivity index (χ1) is 8.61. The Bertz CT molecular complexity index is 372. The summed E-state index contributed by atoms with van der Waals surface area (Å²) in [5.41, 5.74) is 8.41. The molecule has 0 aromatic heterocycles. The van der Waals surface area contributed by atoms with Gasteiger partial charge in [-0.1, -0.05) is 19.1 Å². The summed E-state index contributed by atoms with van der Waals surface area (Å²) >= 11 is 0. The molecule has 18 heavy (non-hydrogen) atoms. The van der Waals surface area contributed by atoms with Crippen LogP contribution in [0.15, 0.2) is 24.3 Å². The van der Waals surface area contributed by atoms with Gasteiger partial charge in [0.05, 0.1) is 0 Å². The van der Waals surface area contributed by atoms with E-state index in [0.717, 1.165) is 26.2 Å². The van der Waals surface area contributed by atoms with Crippen molar-refractivity contribution in [3.8, 4) is 0 Å². The van der Waals surface area contributed by atoms with Crippen LogP contribution in [-0.4, -0.2) is 37.1 Å². The van der Waals surface area contributed by atoms with Crippen LogP contribution < -0.4 is 10.6 Å². The van der Waals surface area contributed by atoms with Gasteiger partial charge in [-0.3, -0.25) is 4.90 Å². The first kappa shape index (κ1) is 13.4. The number of likely N-dealkylation sites (N-methyl/N-ethyl adjacent to an activating group) is 1. The summed E-state index contributed by atoms with van der Waals surface area (Å²) in [4.78, 5) is 5.01. The fourth-order valence-corrected chi connectivity index (χ4v) is 2.69. The quantitative estimate of drug-likeness (QED) is 0.889. The number of nitrogens with zero attached hydrogens (tertiary/aromatic N) is 2. The van der Waals surface area contributed by atoms with Crippen LogP contribution in [0.4, 0.5) is 5.69 Å². The molecule has 0 amide bonds. The maximum atomic E-state index is 5.88. The van der Waals surface area contributed by atoms with Gasteiger partial charge in [0.2, 0.25) is 0 Å². The lowest BCUT2D eigenvalue weighted by molar-refractivity contribution is 0.199. The summed E-state index contributed by atoms with van der Waals surface area (Å²) in [6.45, 7) is 11.1. The molecule has 2 rings (SSSR count). The van der Waals surface area contributed by atoms with E-state index in [4.69, 9.17) is 5.73 Å². The lowest BCUT2D eigenvalue weighted by Crippen LogP contribution is -2.51. The van der Waals surface area contributed by atoms with Gasteiger partial charge in [0, 0.05) is 37.4 Å². The fraction of sp³-hybridized carbons (Fsp3) is 0.600. The smallest absolute Gasteiger partial charge is 0.0367 e. The molecule has 0 bridgehead atoms. The minimum absolute atomic E-state index is 0.120. The van der Waals surface area contributed by atoms with Gasteiger partial charge in [-0.25, -0.2) is 0 Å². The van der Waals surface area contributed by atoms with Crippen LogP contribution in [0.1, 0.15) is 32.4 Å². The molecule has 0 radical (unpaired) electrons. The van der Waals surface area contributed by atoms with Gasteiger partial charge in [-0.2, -0.15) is 0 Å². The lowest BCUT2D eigenvalue weighted by atomic mass is 10.1. The van der Waals surface area contributed by atoms with Gasteiger partial charge in [-0.15, -0.1) is 0 Å². The topological polar surface area (TPSA) is 32.5 Å². The van der Waals surface area contributed by atoms with Crippen LogP contribution in [0, 0.1) is 0 Å². The minimum atomic E-state index is 0.120. The van der Waals surface area contributed by atoms with Crippen LogP contribution in [0.3, 0.4) is 0 Å². The molecule has 1 aromatic carbocycles. The highest BCUT2D eigenvalue weighted by atomic mass is 15.3. The average Bonchev–Trinajstić information content (AvgIpc) is 2.38. The molecule has 0 aliphatic carbocycles. The van der Waals surface area contributed by atoms with E-state index in [1.165, 1.54) is 11.3 Å². The van der Waals surface area contributed by atoms with Crippen molar-refractivity contribution in [1.82, 2.24) is 4.90 Å². The number of hydrogen-bond acceptors (Lipinski definition) is 3. The van der Waals surface area contributed by atoms with E-state index in [1.807, 2.05) is 6.92 Å². The molecule has 0 spiro atoms. The summed E-state index contributed by atoms with van der Waals surface area (Å²) in [6, 6.07) is 9.46. The van der Waals surface area contributed by atoms with E-state index in [-0.39, 0.29) is 6.04 Å². The standard InChI is InChI=1S/C15H25N3/c1-4-17-9-10-18(11-12(17)2)15-7-5-14(6-8-15)13(3)16/h5-8,12-13H,4,9-11,16H2,1-3H3. The van der Waals surface area contributed by atoms with Crippen LogP contribution in [0.5, 0.6) is 0 Å². The number of rotatable bonds is 3. The molecule has 1 heterocycles. The normalized spacial score (nSPS) is 23.1. The van der Waals surface area contributed by atoms with Gasteiger partial charge in [0.25, 0.3) is 0 Å². The number of hydrogen-bond donors (Lipinski definition) is 1. The van der Waals surface area contributed by atoms with Crippen molar-refractivity contribution in [2.45, 2.75) is 32.9 Å². The third-order valence-electron chi connectivity index (χ3n) is 3.96. The second-order valence-electron chi connectivity index (χ2n) is 5.30. The molecule has 2 N–H and O–H groups in total. The predicted molar refractivity (Wildman–Crippen MR) is 78.0 cm³/mol. The molecule has 1 saturated heterocycles. The molecule has 1 aromatic rings. The summed E-state index contributed by atoms with van der Waals surface area (Å²) in [5.74, 6) is 0. The lowest BCUT2D eigenvalue weighted by Gasteiger charge is -2.40. The Balaban J connectivity index is 2.04. The minimum Gasteiger partial charge on any atom is -0.369 e. The zero-order chi connectivity index (χ0) is 13.1. The van der Waals surface area contributed by atoms with E-state index < -0.39 is 0 Å². The predicted octanol–water partition coefficient (Wildman–Crippen LogP) is 2.24. The molecule has 3 heteroatoms. The Morgan fingerprint density at radius 2 is 1.94 bits per heavy atom. The number of benzene rings is 1. The molecule has 1 aliphatic heterocycles. The van der Waals surface area contributed by atoms with Crippen LogP contribution in [0.2, 0.25) is 0 Å². The van der Waals surface area contributed by atoms with Gasteiger partial charge in [0.1, 0.15) is 0 Å². The number of anilines is 1. The van der Waals surface area contributed by atoms with Crippen molar-refractivity contribution in [3.63, 3.8) is 0 Å². The Kier molecular flexibility index (Phi) is 4.25. The largest absolute Gasteiger partial charge is 0.369 e. The van der Waals surface area contributed by atoms with Crippen molar-refractivity contribution < 1.29 is 0 Å². The average molecular weight is 247 g/mol. The Morgan fingerprint density at radius 1 is 1.28 bits per heavy atom. The highest BCUT2D eigenvalue weighted by Gasteiger charge is 2.22. The maximum Gasteiger partial charge on any atom is 0.0367 e. The molecule has 1 fully saturated rings. The van der Waals surface area contributed by atoms with Crippen LogP contribution in [-0.2, 0) is 0 Å². The molecule has 2 unspecified atom stereocenters.